The standard InChI is InChI=1S/C7H17INO/c1-5-7(3,6-2)9(10)8-4/h9H,5-6H2,1-4H3/q-1. The van der Waals surface area contributed by atoms with E-state index in [1.165, 1.54) is 0 Å². The quantitative estimate of drug-likeness (QED) is 0.258. The fraction of sp³-hybridized carbons (Fsp3) is 1.00. The van der Waals surface area contributed by atoms with Crippen LogP contribution in [0.4, 0.5) is 0 Å². The van der Waals surface area contributed by atoms with Gasteiger partial charge in [0.05, 0.1) is 0 Å². The zero-order chi connectivity index (χ0) is 8.20. The van der Waals surface area contributed by atoms with Crippen LogP contribution in [0.15, 0.2) is 0 Å². The van der Waals surface area contributed by atoms with Crippen molar-refractivity contribution in [1.29, 1.82) is 0 Å². The topological polar surface area (TPSA) is 27.5 Å². The first kappa shape index (κ1) is 10.7. The molecule has 0 amide bonds. The van der Waals surface area contributed by atoms with E-state index in [1.807, 2.05) is 4.93 Å². The first-order chi connectivity index (χ1) is 4.60. The SMILES string of the molecule is CCC(C)(CC)[NH+]([O-])[I-]C. The van der Waals surface area contributed by atoms with Crippen LogP contribution in [0, 0.1) is 5.21 Å². The van der Waals surface area contributed by atoms with Gasteiger partial charge >= 0.3 is 74.0 Å². The van der Waals surface area contributed by atoms with Gasteiger partial charge in [0.25, 0.3) is 0 Å². The van der Waals surface area contributed by atoms with Gasteiger partial charge in [0, 0.05) is 0 Å². The molecular weight excluding hydrogens is 241 g/mol. The summed E-state index contributed by atoms with van der Waals surface area (Å²) in [5, 5.41) is 11.3. The summed E-state index contributed by atoms with van der Waals surface area (Å²) >= 11 is -0.197. The first-order valence-electron chi connectivity index (χ1n) is 3.64. The third kappa shape index (κ3) is 2.36. The number of hydroxylamine groups is 1. The van der Waals surface area contributed by atoms with E-state index < -0.39 is 0 Å². The molecule has 0 spiro atoms. The fourth-order valence-electron chi connectivity index (χ4n) is 0.756. The Morgan fingerprint density at radius 3 is 1.90 bits per heavy atom. The van der Waals surface area contributed by atoms with E-state index in [2.05, 4.69) is 20.8 Å². The number of quaternary nitrogens is 1. The van der Waals surface area contributed by atoms with Gasteiger partial charge in [0.1, 0.15) is 0 Å². The summed E-state index contributed by atoms with van der Waals surface area (Å²) in [5.41, 5.74) is 0.00201. The Hall–Kier alpha value is 0.650. The molecule has 64 valence electrons. The van der Waals surface area contributed by atoms with Crippen molar-refractivity contribution < 1.29 is 24.8 Å². The van der Waals surface area contributed by atoms with Crippen LogP contribution >= 0.6 is 0 Å². The van der Waals surface area contributed by atoms with Crippen LogP contribution in [0.3, 0.4) is 0 Å². The Kier molecular flexibility index (Phi) is 4.81. The molecule has 0 rings (SSSR count). The van der Waals surface area contributed by atoms with Crippen molar-refractivity contribution in [2.75, 3.05) is 4.93 Å². The Morgan fingerprint density at radius 1 is 1.40 bits per heavy atom. The Morgan fingerprint density at radius 2 is 1.80 bits per heavy atom. The van der Waals surface area contributed by atoms with E-state index in [4.69, 9.17) is 0 Å². The Bertz CT molecular complexity index is 93.6. The molecule has 0 aromatic rings. The number of hydrogen-bond donors (Lipinski definition) is 1. The maximum atomic E-state index is 11.3. The molecule has 1 unspecified atom stereocenters. The maximum absolute atomic E-state index is 11.3. The number of halogens is 1. The number of rotatable bonds is 4. The molecule has 3 heteroatoms. The second-order valence-electron chi connectivity index (χ2n) is 2.73. The fourth-order valence-corrected chi connectivity index (χ4v) is 2.82. The average molecular weight is 258 g/mol. The molecule has 0 heterocycles. The monoisotopic (exact) mass is 258 g/mol. The molecule has 0 aliphatic carbocycles. The van der Waals surface area contributed by atoms with Crippen molar-refractivity contribution in [3.8, 4) is 0 Å². The van der Waals surface area contributed by atoms with Crippen molar-refractivity contribution in [3.05, 3.63) is 5.21 Å². The summed E-state index contributed by atoms with van der Waals surface area (Å²) in [6.45, 7) is 6.28. The molecule has 0 aliphatic heterocycles. The van der Waals surface area contributed by atoms with Gasteiger partial charge in [-0.25, -0.2) is 0 Å². The Balaban J connectivity index is 4.02. The van der Waals surface area contributed by atoms with Gasteiger partial charge in [-0.1, -0.05) is 0 Å². The second kappa shape index (κ2) is 4.51. The molecule has 0 aromatic heterocycles. The van der Waals surface area contributed by atoms with Crippen molar-refractivity contribution in [2.24, 2.45) is 0 Å². The van der Waals surface area contributed by atoms with Gasteiger partial charge in [-0.05, 0) is 0 Å². The van der Waals surface area contributed by atoms with Gasteiger partial charge in [0.15, 0.2) is 0 Å². The summed E-state index contributed by atoms with van der Waals surface area (Å²) < 4.78 is 0.510. The third-order valence-electron chi connectivity index (χ3n) is 2.21. The summed E-state index contributed by atoms with van der Waals surface area (Å²) in [5.74, 6) is 0. The molecular formula is C7H17INO-. The summed E-state index contributed by atoms with van der Waals surface area (Å²) in [6, 6.07) is 0. The van der Waals surface area contributed by atoms with Crippen LogP contribution in [0.2, 0.25) is 0 Å². The van der Waals surface area contributed by atoms with Crippen molar-refractivity contribution in [1.82, 2.24) is 0 Å². The normalized spacial score (nSPS) is 15.7. The zero-order valence-corrected chi connectivity index (χ0v) is 9.36. The zero-order valence-electron chi connectivity index (χ0n) is 7.20. The van der Waals surface area contributed by atoms with Crippen LogP contribution < -0.4 is 24.8 Å². The number of nitrogens with one attached hydrogen (secondary N) is 1. The van der Waals surface area contributed by atoms with E-state index in [0.29, 0.717) is 3.28 Å². The predicted molar refractivity (Wildman–Crippen MR) is 39.2 cm³/mol. The second-order valence-corrected chi connectivity index (χ2v) is 4.79. The van der Waals surface area contributed by atoms with Gasteiger partial charge in [-0.2, -0.15) is 0 Å². The van der Waals surface area contributed by atoms with E-state index >= 15 is 0 Å². The Labute approximate surface area is 74.2 Å². The molecule has 0 saturated carbocycles. The van der Waals surface area contributed by atoms with Crippen molar-refractivity contribution in [2.45, 2.75) is 39.2 Å². The minimum absolute atomic E-state index is 0.00201. The van der Waals surface area contributed by atoms with Crippen LogP contribution in [0.5, 0.6) is 0 Å². The molecule has 10 heavy (non-hydrogen) atoms. The van der Waals surface area contributed by atoms with Gasteiger partial charge in [-0.3, -0.25) is 0 Å². The molecule has 0 radical (unpaired) electrons. The summed E-state index contributed by atoms with van der Waals surface area (Å²) in [4.78, 5) is 2.05. The van der Waals surface area contributed by atoms with E-state index in [1.54, 1.807) is 0 Å². The third-order valence-corrected chi connectivity index (χ3v) is 4.49. The molecule has 1 N–H and O–H groups in total. The summed E-state index contributed by atoms with van der Waals surface area (Å²) in [6.07, 6.45) is 1.99. The van der Waals surface area contributed by atoms with Crippen LogP contribution in [-0.4, -0.2) is 10.5 Å². The van der Waals surface area contributed by atoms with E-state index in [-0.39, 0.29) is 27.0 Å². The van der Waals surface area contributed by atoms with Gasteiger partial charge in [-0.15, -0.1) is 0 Å². The first-order valence-corrected chi connectivity index (χ1v) is 6.88. The molecule has 0 aromatic carbocycles. The van der Waals surface area contributed by atoms with Crippen LogP contribution in [0.25, 0.3) is 0 Å². The average Bonchev–Trinajstić information content (AvgIpc) is 2.01. The molecule has 0 saturated heterocycles. The minimum atomic E-state index is -0.197. The van der Waals surface area contributed by atoms with Crippen LogP contribution in [-0.2, 0) is 0 Å². The van der Waals surface area contributed by atoms with Crippen molar-refractivity contribution in [3.63, 3.8) is 0 Å². The van der Waals surface area contributed by atoms with Gasteiger partial charge < -0.3 is 0 Å². The number of hydrogen-bond acceptors (Lipinski definition) is 1. The summed E-state index contributed by atoms with van der Waals surface area (Å²) in [7, 11) is 0. The molecule has 0 fully saturated rings. The van der Waals surface area contributed by atoms with Crippen LogP contribution in [0.1, 0.15) is 33.6 Å². The predicted octanol–water partition coefficient (Wildman–Crippen LogP) is -2.42. The van der Waals surface area contributed by atoms with Crippen molar-refractivity contribution >= 4 is 0 Å². The molecule has 0 bridgehead atoms. The number of alkyl halides is 1. The molecule has 0 aliphatic rings. The van der Waals surface area contributed by atoms with E-state index in [9.17, 15) is 5.21 Å². The molecule has 1 atom stereocenters. The van der Waals surface area contributed by atoms with Gasteiger partial charge in [0.2, 0.25) is 0 Å². The van der Waals surface area contributed by atoms with E-state index in [0.717, 1.165) is 12.8 Å². The molecule has 2 nitrogen and oxygen atoms in total.